The number of aryl methyl sites for hydroxylation is 1. The second kappa shape index (κ2) is 6.07. The quantitative estimate of drug-likeness (QED) is 0.709. The van der Waals surface area contributed by atoms with E-state index in [1.807, 2.05) is 25.1 Å². The molecule has 3 rings (SSSR count). The van der Waals surface area contributed by atoms with Crippen molar-refractivity contribution in [2.45, 2.75) is 24.3 Å². The van der Waals surface area contributed by atoms with Crippen LogP contribution in [0.1, 0.15) is 23.6 Å². The third-order valence-corrected chi connectivity index (χ3v) is 5.48. The van der Waals surface area contributed by atoms with E-state index in [0.29, 0.717) is 10.0 Å². The zero-order chi connectivity index (χ0) is 15.0. The maximum atomic E-state index is 13.9. The molecule has 0 saturated heterocycles. The minimum Gasteiger partial charge on any atom is -0.377 e. The van der Waals surface area contributed by atoms with Crippen molar-refractivity contribution in [2.75, 3.05) is 11.1 Å². The Labute approximate surface area is 137 Å². The molecule has 1 nitrogen and oxygen atoms in total. The number of thioether (sulfide) groups is 1. The Kier molecular flexibility index (Phi) is 4.34. The lowest BCUT2D eigenvalue weighted by Gasteiger charge is -2.27. The van der Waals surface area contributed by atoms with Crippen LogP contribution in [0.25, 0.3) is 0 Å². The summed E-state index contributed by atoms with van der Waals surface area (Å²) in [5.41, 5.74) is 2.72. The molecule has 110 valence electrons. The molecule has 1 heterocycles. The molecule has 2 aromatic rings. The summed E-state index contributed by atoms with van der Waals surface area (Å²) in [6, 6.07) is 8.94. The van der Waals surface area contributed by atoms with Crippen LogP contribution < -0.4 is 5.32 Å². The number of hydrogen-bond donors (Lipinski definition) is 1. The maximum Gasteiger partial charge on any atom is 0.137 e. The predicted molar refractivity (Wildman–Crippen MR) is 89.3 cm³/mol. The molecule has 1 aliphatic heterocycles. The Morgan fingerprint density at radius 2 is 2.05 bits per heavy atom. The van der Waals surface area contributed by atoms with Gasteiger partial charge in [-0.1, -0.05) is 35.3 Å². The molecule has 0 saturated carbocycles. The fourth-order valence-corrected chi connectivity index (χ4v) is 4.06. The van der Waals surface area contributed by atoms with Crippen LogP contribution in [-0.4, -0.2) is 5.75 Å². The van der Waals surface area contributed by atoms with Gasteiger partial charge in [-0.3, -0.25) is 0 Å². The molecule has 1 unspecified atom stereocenters. The van der Waals surface area contributed by atoms with Gasteiger partial charge in [0.2, 0.25) is 0 Å². The molecule has 0 aromatic heterocycles. The molecule has 0 radical (unpaired) electrons. The second-order valence-corrected chi connectivity index (χ2v) is 6.99. The van der Waals surface area contributed by atoms with Gasteiger partial charge in [-0.2, -0.15) is 0 Å². The van der Waals surface area contributed by atoms with E-state index in [4.69, 9.17) is 23.2 Å². The first-order valence-electron chi connectivity index (χ1n) is 6.69. The molecular weight excluding hydrogens is 328 g/mol. The zero-order valence-corrected chi connectivity index (χ0v) is 13.7. The highest BCUT2D eigenvalue weighted by Gasteiger charge is 2.23. The number of benzene rings is 2. The summed E-state index contributed by atoms with van der Waals surface area (Å²) in [6.45, 7) is 1.92. The summed E-state index contributed by atoms with van der Waals surface area (Å²) >= 11 is 14.0. The van der Waals surface area contributed by atoms with Gasteiger partial charge < -0.3 is 5.32 Å². The van der Waals surface area contributed by atoms with Crippen molar-refractivity contribution < 1.29 is 4.39 Å². The Bertz CT molecular complexity index is 690. The molecule has 0 bridgehead atoms. The minimum absolute atomic E-state index is 0.0493. The Morgan fingerprint density at radius 1 is 1.24 bits per heavy atom. The van der Waals surface area contributed by atoms with Crippen LogP contribution in [0, 0.1) is 12.7 Å². The van der Waals surface area contributed by atoms with Crippen LogP contribution in [0.2, 0.25) is 10.0 Å². The van der Waals surface area contributed by atoms with Crippen molar-refractivity contribution in [1.29, 1.82) is 0 Å². The summed E-state index contributed by atoms with van der Waals surface area (Å²) in [5.74, 6) is 0.722. The van der Waals surface area contributed by atoms with E-state index in [1.54, 1.807) is 17.8 Å². The fourth-order valence-electron chi connectivity index (χ4n) is 2.48. The van der Waals surface area contributed by atoms with E-state index < -0.39 is 0 Å². The topological polar surface area (TPSA) is 12.0 Å². The third-order valence-electron chi connectivity index (χ3n) is 3.60. The van der Waals surface area contributed by atoms with E-state index in [2.05, 4.69) is 5.32 Å². The largest absolute Gasteiger partial charge is 0.377 e. The van der Waals surface area contributed by atoms with E-state index in [-0.39, 0.29) is 11.9 Å². The summed E-state index contributed by atoms with van der Waals surface area (Å²) in [6.07, 6.45) is 0.920. The number of fused-ring (bicyclic) bond motifs is 1. The number of nitrogens with one attached hydrogen (secondary N) is 1. The first kappa shape index (κ1) is 15.0. The first-order valence-corrected chi connectivity index (χ1v) is 8.44. The smallest absolute Gasteiger partial charge is 0.137 e. The zero-order valence-electron chi connectivity index (χ0n) is 11.4. The molecule has 1 atom stereocenters. The standard InChI is InChI=1S/C16H14Cl2FNS/c1-9-7-12(18)15(8-11(9)17)20-14-5-6-21-16-10(14)3-2-4-13(16)19/h2-4,7-8,14,20H,5-6H2,1H3. The van der Waals surface area contributed by atoms with Gasteiger partial charge in [-0.05, 0) is 42.7 Å². The van der Waals surface area contributed by atoms with Crippen molar-refractivity contribution in [3.05, 3.63) is 57.3 Å². The van der Waals surface area contributed by atoms with Crippen molar-refractivity contribution >= 4 is 40.7 Å². The number of halogens is 3. The average Bonchev–Trinajstić information content (AvgIpc) is 2.46. The number of rotatable bonds is 2. The average molecular weight is 342 g/mol. The molecule has 2 aromatic carbocycles. The Hall–Kier alpha value is -0.900. The monoisotopic (exact) mass is 341 g/mol. The Balaban J connectivity index is 1.94. The van der Waals surface area contributed by atoms with Crippen LogP contribution in [-0.2, 0) is 0 Å². The summed E-state index contributed by atoms with van der Waals surface area (Å²) < 4.78 is 13.9. The van der Waals surface area contributed by atoms with Crippen molar-refractivity contribution in [2.24, 2.45) is 0 Å². The SMILES string of the molecule is Cc1cc(Cl)c(NC2CCSc3c(F)cccc32)cc1Cl. The molecule has 5 heteroatoms. The highest BCUT2D eigenvalue weighted by atomic mass is 35.5. The molecular formula is C16H14Cl2FNS. The lowest BCUT2D eigenvalue weighted by atomic mass is 10.0. The van der Waals surface area contributed by atoms with Gasteiger partial charge in [0.05, 0.1) is 16.8 Å². The van der Waals surface area contributed by atoms with E-state index in [1.165, 1.54) is 6.07 Å². The molecule has 0 fully saturated rings. The summed E-state index contributed by atoms with van der Waals surface area (Å²) in [5, 5.41) is 4.71. The van der Waals surface area contributed by atoms with Gasteiger partial charge in [-0.25, -0.2) is 4.39 Å². The highest BCUT2D eigenvalue weighted by molar-refractivity contribution is 7.99. The third kappa shape index (κ3) is 3.01. The van der Waals surface area contributed by atoms with Crippen molar-refractivity contribution in [1.82, 2.24) is 0 Å². The molecule has 21 heavy (non-hydrogen) atoms. The van der Waals surface area contributed by atoms with Crippen LogP contribution in [0.3, 0.4) is 0 Å². The molecule has 1 aliphatic rings. The van der Waals surface area contributed by atoms with Crippen LogP contribution in [0.4, 0.5) is 10.1 Å². The Morgan fingerprint density at radius 3 is 2.86 bits per heavy atom. The molecule has 0 amide bonds. The minimum atomic E-state index is -0.156. The van der Waals surface area contributed by atoms with E-state index >= 15 is 0 Å². The van der Waals surface area contributed by atoms with Crippen molar-refractivity contribution in [3.8, 4) is 0 Å². The molecule has 1 N–H and O–H groups in total. The maximum absolute atomic E-state index is 13.9. The van der Waals surface area contributed by atoms with Gasteiger partial charge in [0.25, 0.3) is 0 Å². The lowest BCUT2D eigenvalue weighted by Crippen LogP contribution is -2.17. The summed E-state index contributed by atoms with van der Waals surface area (Å²) in [4.78, 5) is 0.732. The lowest BCUT2D eigenvalue weighted by molar-refractivity contribution is 0.585. The normalized spacial score (nSPS) is 17.4. The van der Waals surface area contributed by atoms with Gasteiger partial charge >= 0.3 is 0 Å². The fraction of sp³-hybridized carbons (Fsp3) is 0.250. The highest BCUT2D eigenvalue weighted by Crippen LogP contribution is 2.40. The number of hydrogen-bond acceptors (Lipinski definition) is 2. The van der Waals surface area contributed by atoms with Gasteiger partial charge in [0, 0.05) is 15.7 Å². The van der Waals surface area contributed by atoms with Gasteiger partial charge in [-0.15, -0.1) is 11.8 Å². The summed E-state index contributed by atoms with van der Waals surface area (Å²) in [7, 11) is 0. The molecule has 0 aliphatic carbocycles. The van der Waals surface area contributed by atoms with E-state index in [0.717, 1.165) is 33.9 Å². The van der Waals surface area contributed by atoms with Gasteiger partial charge in [0.15, 0.2) is 0 Å². The second-order valence-electron chi connectivity index (χ2n) is 5.07. The number of anilines is 1. The van der Waals surface area contributed by atoms with Crippen LogP contribution in [0.5, 0.6) is 0 Å². The first-order chi connectivity index (χ1) is 10.1. The van der Waals surface area contributed by atoms with E-state index in [9.17, 15) is 4.39 Å². The van der Waals surface area contributed by atoms with Crippen LogP contribution >= 0.6 is 35.0 Å². The van der Waals surface area contributed by atoms with Gasteiger partial charge in [0.1, 0.15) is 5.82 Å². The van der Waals surface area contributed by atoms with Crippen molar-refractivity contribution in [3.63, 3.8) is 0 Å². The van der Waals surface area contributed by atoms with Crippen LogP contribution in [0.15, 0.2) is 35.2 Å². The predicted octanol–water partition coefficient (Wildman–Crippen LogP) is 6.09. The molecule has 0 spiro atoms.